The number of nitrogen functional groups attached to an aromatic ring is 1. The molecule has 108 valence electrons. The molecule has 0 radical (unpaired) electrons. The lowest BCUT2D eigenvalue weighted by Gasteiger charge is -2.17. The first-order valence-electron chi connectivity index (χ1n) is 5.73. The van der Waals surface area contributed by atoms with Gasteiger partial charge in [-0.05, 0) is 12.1 Å². The topological polar surface area (TPSA) is 70.5 Å². The number of nitrogens with two attached hydrogens (primary N) is 1. The largest absolute Gasteiger partial charge is 0.493 e. The van der Waals surface area contributed by atoms with Crippen LogP contribution in [0.4, 0.5) is 14.7 Å². The summed E-state index contributed by atoms with van der Waals surface area (Å²) in [6.07, 6.45) is 1.34. The van der Waals surface area contributed by atoms with Gasteiger partial charge in [-0.3, -0.25) is 0 Å². The van der Waals surface area contributed by atoms with Gasteiger partial charge in [0.2, 0.25) is 5.88 Å². The predicted molar refractivity (Wildman–Crippen MR) is 69.0 cm³/mol. The molecule has 0 saturated heterocycles. The fourth-order valence-corrected chi connectivity index (χ4v) is 1.87. The lowest BCUT2D eigenvalue weighted by atomic mass is 10.0. The molecule has 2 N–H and O–H groups in total. The minimum absolute atomic E-state index is 0.0157. The molecule has 2 aromatic rings. The van der Waals surface area contributed by atoms with Gasteiger partial charge in [-0.15, -0.1) is 0 Å². The Hall–Kier alpha value is -2.31. The van der Waals surface area contributed by atoms with Crippen molar-refractivity contribution in [1.29, 1.82) is 0 Å². The molecule has 0 spiro atoms. The zero-order chi connectivity index (χ0) is 14.9. The summed E-state index contributed by atoms with van der Waals surface area (Å²) in [6, 6.07) is 2.51. The van der Waals surface area contributed by atoms with Crippen molar-refractivity contribution in [3.05, 3.63) is 23.9 Å². The van der Waals surface area contributed by atoms with Crippen LogP contribution in [-0.4, -0.2) is 19.4 Å². The molecule has 0 aliphatic rings. The first-order chi connectivity index (χ1) is 9.38. The molecule has 0 saturated carbocycles. The monoisotopic (exact) mass is 284 g/mol. The zero-order valence-electron chi connectivity index (χ0n) is 11.2. The lowest BCUT2D eigenvalue weighted by Crippen LogP contribution is -2.08. The van der Waals surface area contributed by atoms with Crippen molar-refractivity contribution in [3.8, 4) is 22.6 Å². The van der Waals surface area contributed by atoms with Gasteiger partial charge in [0.25, 0.3) is 5.92 Å². The first-order valence-corrected chi connectivity index (χ1v) is 5.73. The number of rotatable bonds is 4. The minimum atomic E-state index is -3.03. The van der Waals surface area contributed by atoms with Crippen molar-refractivity contribution in [2.24, 2.45) is 0 Å². The molecule has 0 amide bonds. The maximum atomic E-state index is 13.6. The number of benzene rings is 1. The third-order valence-electron chi connectivity index (χ3n) is 2.87. The summed E-state index contributed by atoms with van der Waals surface area (Å²) in [5, 5.41) is 3.54. The number of ether oxygens (including phenoxy) is 2. The highest BCUT2D eigenvalue weighted by Gasteiger charge is 2.28. The van der Waals surface area contributed by atoms with E-state index in [0.717, 1.165) is 6.92 Å². The smallest absolute Gasteiger partial charge is 0.270 e. The summed E-state index contributed by atoms with van der Waals surface area (Å²) in [5.74, 6) is -2.54. The molecule has 0 fully saturated rings. The Labute approximate surface area is 114 Å². The first kappa shape index (κ1) is 14.1. The van der Waals surface area contributed by atoms with E-state index in [1.165, 1.54) is 32.5 Å². The highest BCUT2D eigenvalue weighted by atomic mass is 19.3. The summed E-state index contributed by atoms with van der Waals surface area (Å²) in [4.78, 5) is 0. The van der Waals surface area contributed by atoms with Crippen LogP contribution in [0.2, 0.25) is 0 Å². The van der Waals surface area contributed by atoms with Crippen molar-refractivity contribution >= 4 is 5.88 Å². The van der Waals surface area contributed by atoms with Crippen molar-refractivity contribution in [2.45, 2.75) is 12.8 Å². The van der Waals surface area contributed by atoms with E-state index in [9.17, 15) is 8.78 Å². The molecule has 7 heteroatoms. The number of hydrogen-bond acceptors (Lipinski definition) is 5. The molecule has 0 aliphatic heterocycles. The molecule has 5 nitrogen and oxygen atoms in total. The SMILES string of the molecule is COc1cc(C(C)(F)F)cc(-c2cnoc2N)c1OC. The molecule has 0 unspecified atom stereocenters. The van der Waals surface area contributed by atoms with E-state index >= 15 is 0 Å². The van der Waals surface area contributed by atoms with E-state index in [-0.39, 0.29) is 22.9 Å². The summed E-state index contributed by atoms with van der Waals surface area (Å²) >= 11 is 0. The van der Waals surface area contributed by atoms with Crippen molar-refractivity contribution < 1.29 is 22.8 Å². The quantitative estimate of drug-likeness (QED) is 0.934. The number of aromatic nitrogens is 1. The number of nitrogens with zero attached hydrogens (tertiary/aromatic N) is 1. The Morgan fingerprint density at radius 3 is 2.35 bits per heavy atom. The standard InChI is InChI=1S/C13H14F2N2O3/c1-13(14,15)7-4-8(9-6-17-20-12(9)16)11(19-3)10(5-7)18-2/h4-6H,16H2,1-3H3. The highest BCUT2D eigenvalue weighted by molar-refractivity contribution is 5.80. The van der Waals surface area contributed by atoms with Crippen molar-refractivity contribution in [1.82, 2.24) is 5.16 Å². The van der Waals surface area contributed by atoms with Crippen LogP contribution in [0.5, 0.6) is 11.5 Å². The fraction of sp³-hybridized carbons (Fsp3) is 0.308. The molecule has 1 aromatic carbocycles. The van der Waals surface area contributed by atoms with Gasteiger partial charge in [0, 0.05) is 18.1 Å². The van der Waals surface area contributed by atoms with E-state index in [4.69, 9.17) is 19.7 Å². The van der Waals surface area contributed by atoms with E-state index in [1.54, 1.807) is 0 Å². The van der Waals surface area contributed by atoms with Gasteiger partial charge in [-0.25, -0.2) is 8.78 Å². The molecule has 0 bridgehead atoms. The number of hydrogen-bond donors (Lipinski definition) is 1. The molecule has 1 heterocycles. The van der Waals surface area contributed by atoms with Crippen LogP contribution < -0.4 is 15.2 Å². The van der Waals surface area contributed by atoms with Gasteiger partial charge >= 0.3 is 0 Å². The Kier molecular flexibility index (Phi) is 3.52. The molecular formula is C13H14F2N2O3. The third-order valence-corrected chi connectivity index (χ3v) is 2.87. The van der Waals surface area contributed by atoms with Gasteiger partial charge in [0.05, 0.1) is 26.0 Å². The minimum Gasteiger partial charge on any atom is -0.493 e. The summed E-state index contributed by atoms with van der Waals surface area (Å²) < 4.78 is 42.2. The van der Waals surface area contributed by atoms with Crippen molar-refractivity contribution in [3.63, 3.8) is 0 Å². The Morgan fingerprint density at radius 1 is 1.20 bits per heavy atom. The normalized spacial score (nSPS) is 11.4. The number of anilines is 1. The van der Waals surface area contributed by atoms with Crippen LogP contribution in [-0.2, 0) is 5.92 Å². The predicted octanol–water partition coefficient (Wildman–Crippen LogP) is 3.05. The van der Waals surface area contributed by atoms with E-state index < -0.39 is 5.92 Å². The molecule has 20 heavy (non-hydrogen) atoms. The van der Waals surface area contributed by atoms with Crippen molar-refractivity contribution in [2.75, 3.05) is 20.0 Å². The third kappa shape index (κ3) is 2.38. The lowest BCUT2D eigenvalue weighted by molar-refractivity contribution is 0.0172. The molecule has 1 aromatic heterocycles. The second-order valence-electron chi connectivity index (χ2n) is 4.25. The van der Waals surface area contributed by atoms with E-state index in [2.05, 4.69) is 5.16 Å². The number of methoxy groups -OCH3 is 2. The summed E-state index contributed by atoms with van der Waals surface area (Å²) in [7, 11) is 2.78. The maximum absolute atomic E-state index is 13.6. The van der Waals surface area contributed by atoms with Gasteiger partial charge < -0.3 is 19.7 Å². The molecule has 0 atom stereocenters. The van der Waals surface area contributed by atoms with Crippen LogP contribution in [0.3, 0.4) is 0 Å². The Bertz CT molecular complexity index is 621. The number of alkyl halides is 2. The fourth-order valence-electron chi connectivity index (χ4n) is 1.87. The second-order valence-corrected chi connectivity index (χ2v) is 4.25. The van der Waals surface area contributed by atoms with E-state index in [1.807, 2.05) is 0 Å². The summed E-state index contributed by atoms with van der Waals surface area (Å²) in [6.45, 7) is 0.801. The molecule has 0 aliphatic carbocycles. The van der Waals surface area contributed by atoms with Crippen LogP contribution in [0, 0.1) is 0 Å². The van der Waals surface area contributed by atoms with Gasteiger partial charge in [-0.2, -0.15) is 0 Å². The average molecular weight is 284 g/mol. The van der Waals surface area contributed by atoms with Gasteiger partial charge in [0.15, 0.2) is 11.5 Å². The van der Waals surface area contributed by atoms with Crippen LogP contribution >= 0.6 is 0 Å². The summed E-state index contributed by atoms with van der Waals surface area (Å²) in [5.41, 5.74) is 6.12. The number of halogens is 2. The maximum Gasteiger partial charge on any atom is 0.270 e. The van der Waals surface area contributed by atoms with Crippen LogP contribution in [0.25, 0.3) is 11.1 Å². The average Bonchev–Trinajstić information content (AvgIpc) is 2.82. The Balaban J connectivity index is 2.74. The highest BCUT2D eigenvalue weighted by Crippen LogP contribution is 2.44. The second kappa shape index (κ2) is 4.99. The van der Waals surface area contributed by atoms with Gasteiger partial charge in [-0.1, -0.05) is 5.16 Å². The van der Waals surface area contributed by atoms with E-state index in [0.29, 0.717) is 11.1 Å². The zero-order valence-corrected chi connectivity index (χ0v) is 11.2. The van der Waals surface area contributed by atoms with Crippen LogP contribution in [0.1, 0.15) is 12.5 Å². The van der Waals surface area contributed by atoms with Gasteiger partial charge in [0.1, 0.15) is 0 Å². The molecular weight excluding hydrogens is 270 g/mol. The molecule has 2 rings (SSSR count). The Morgan fingerprint density at radius 2 is 1.90 bits per heavy atom. The van der Waals surface area contributed by atoms with Crippen LogP contribution in [0.15, 0.2) is 22.9 Å².